The number of esters is 1. The van der Waals surface area contributed by atoms with E-state index in [2.05, 4.69) is 17.6 Å². The van der Waals surface area contributed by atoms with Crippen LogP contribution < -0.4 is 10.6 Å². The third kappa shape index (κ3) is 6.20. The summed E-state index contributed by atoms with van der Waals surface area (Å²) in [5, 5.41) is 5.60. The average Bonchev–Trinajstić information content (AvgIpc) is 3.29. The highest BCUT2D eigenvalue weighted by Gasteiger charge is 2.26. The molecular weight excluding hydrogens is 384 g/mol. The molecule has 7 heteroatoms. The molecule has 0 saturated heterocycles. The van der Waals surface area contributed by atoms with Gasteiger partial charge in [0, 0.05) is 12.5 Å². The van der Waals surface area contributed by atoms with Crippen LogP contribution in [0, 0.1) is 5.92 Å². The van der Waals surface area contributed by atoms with Crippen molar-refractivity contribution in [2.24, 2.45) is 5.92 Å². The monoisotopic (exact) mass is 412 g/mol. The summed E-state index contributed by atoms with van der Waals surface area (Å²) in [7, 11) is 0. The lowest BCUT2D eigenvalue weighted by Crippen LogP contribution is -2.46. The lowest BCUT2D eigenvalue weighted by molar-refractivity contribution is -0.150. The van der Waals surface area contributed by atoms with Gasteiger partial charge >= 0.3 is 5.97 Å². The van der Waals surface area contributed by atoms with Crippen molar-refractivity contribution in [3.63, 3.8) is 0 Å². The van der Waals surface area contributed by atoms with Crippen molar-refractivity contribution in [2.45, 2.75) is 51.1 Å². The third-order valence-electron chi connectivity index (χ3n) is 5.42. The van der Waals surface area contributed by atoms with Crippen molar-refractivity contribution in [1.29, 1.82) is 0 Å². The zero-order valence-electron chi connectivity index (χ0n) is 17.1. The van der Waals surface area contributed by atoms with Gasteiger partial charge in [0.1, 0.15) is 6.04 Å². The number of furan rings is 1. The summed E-state index contributed by atoms with van der Waals surface area (Å²) < 4.78 is 10.3. The predicted octanol–water partition coefficient (Wildman–Crippen LogP) is 2.86. The Morgan fingerprint density at radius 1 is 1.10 bits per heavy atom. The SMILES string of the molecule is C[C@H]1CCCC[C@H]1NC(=O)COC(=O)[C@H](Cc1ccccc1)NC(=O)c1ccco1. The molecule has 0 radical (unpaired) electrons. The normalized spacial score (nSPS) is 19.5. The zero-order chi connectivity index (χ0) is 21.3. The first-order chi connectivity index (χ1) is 14.5. The molecule has 1 heterocycles. The summed E-state index contributed by atoms with van der Waals surface area (Å²) in [4.78, 5) is 37.3. The number of carbonyl (C=O) groups excluding carboxylic acids is 3. The van der Waals surface area contributed by atoms with Crippen LogP contribution in [0.3, 0.4) is 0 Å². The minimum Gasteiger partial charge on any atom is -0.459 e. The van der Waals surface area contributed by atoms with Gasteiger partial charge < -0.3 is 19.8 Å². The van der Waals surface area contributed by atoms with Gasteiger partial charge in [-0.15, -0.1) is 0 Å². The molecule has 0 bridgehead atoms. The van der Waals surface area contributed by atoms with E-state index >= 15 is 0 Å². The highest BCUT2D eigenvalue weighted by Crippen LogP contribution is 2.23. The molecule has 3 rings (SSSR count). The molecule has 1 saturated carbocycles. The number of ether oxygens (including phenoxy) is 1. The van der Waals surface area contributed by atoms with Crippen LogP contribution in [0.5, 0.6) is 0 Å². The molecule has 7 nitrogen and oxygen atoms in total. The van der Waals surface area contributed by atoms with Crippen molar-refractivity contribution in [3.8, 4) is 0 Å². The van der Waals surface area contributed by atoms with Gasteiger partial charge in [0.2, 0.25) is 0 Å². The summed E-state index contributed by atoms with van der Waals surface area (Å²) in [6.07, 6.45) is 5.93. The molecule has 2 amide bonds. The maximum absolute atomic E-state index is 12.7. The second kappa shape index (κ2) is 10.6. The van der Waals surface area contributed by atoms with Crippen LogP contribution in [-0.4, -0.2) is 36.5 Å². The highest BCUT2D eigenvalue weighted by molar-refractivity contribution is 5.94. The molecule has 2 N–H and O–H groups in total. The summed E-state index contributed by atoms with van der Waals surface area (Å²) in [5.74, 6) is -0.983. The summed E-state index contributed by atoms with van der Waals surface area (Å²) in [5.41, 5.74) is 0.861. The Balaban J connectivity index is 1.58. The molecule has 0 spiro atoms. The van der Waals surface area contributed by atoms with Gasteiger partial charge in [-0.1, -0.05) is 50.1 Å². The van der Waals surface area contributed by atoms with Crippen LogP contribution in [0.4, 0.5) is 0 Å². The third-order valence-corrected chi connectivity index (χ3v) is 5.42. The number of hydrogen-bond donors (Lipinski definition) is 2. The van der Waals surface area contributed by atoms with Gasteiger partial charge in [0.25, 0.3) is 11.8 Å². The van der Waals surface area contributed by atoms with Gasteiger partial charge in [-0.3, -0.25) is 9.59 Å². The Labute approximate surface area is 176 Å². The largest absolute Gasteiger partial charge is 0.459 e. The maximum atomic E-state index is 12.7. The van der Waals surface area contributed by atoms with Gasteiger partial charge in [0.15, 0.2) is 12.4 Å². The molecule has 0 aliphatic heterocycles. The molecule has 1 fully saturated rings. The van der Waals surface area contributed by atoms with E-state index in [-0.39, 0.29) is 30.7 Å². The number of carbonyl (C=O) groups is 3. The van der Waals surface area contributed by atoms with Crippen LogP contribution in [0.1, 0.15) is 48.7 Å². The quantitative estimate of drug-likeness (QED) is 0.650. The fourth-order valence-electron chi connectivity index (χ4n) is 3.70. The number of benzene rings is 1. The highest BCUT2D eigenvalue weighted by atomic mass is 16.5. The number of nitrogens with one attached hydrogen (secondary N) is 2. The molecule has 3 atom stereocenters. The van der Waals surface area contributed by atoms with Gasteiger partial charge in [-0.05, 0) is 36.5 Å². The number of rotatable bonds is 8. The zero-order valence-corrected chi connectivity index (χ0v) is 17.1. The van der Waals surface area contributed by atoms with E-state index in [1.54, 1.807) is 6.07 Å². The Hall–Kier alpha value is -3.09. The molecule has 0 unspecified atom stereocenters. The first-order valence-electron chi connectivity index (χ1n) is 10.4. The van der Waals surface area contributed by atoms with Gasteiger partial charge in [0.05, 0.1) is 6.26 Å². The fourth-order valence-corrected chi connectivity index (χ4v) is 3.70. The van der Waals surface area contributed by atoms with E-state index < -0.39 is 17.9 Å². The number of hydrogen-bond acceptors (Lipinski definition) is 5. The lowest BCUT2D eigenvalue weighted by Gasteiger charge is -2.29. The molecule has 1 aliphatic rings. The van der Waals surface area contributed by atoms with E-state index in [1.165, 1.54) is 18.8 Å². The minimum absolute atomic E-state index is 0.102. The van der Waals surface area contributed by atoms with Crippen molar-refractivity contribution in [2.75, 3.05) is 6.61 Å². The van der Waals surface area contributed by atoms with E-state index in [9.17, 15) is 14.4 Å². The van der Waals surface area contributed by atoms with Gasteiger partial charge in [-0.25, -0.2) is 4.79 Å². The smallest absolute Gasteiger partial charge is 0.329 e. The Kier molecular flexibility index (Phi) is 7.65. The van der Waals surface area contributed by atoms with Crippen LogP contribution in [-0.2, 0) is 20.7 Å². The van der Waals surface area contributed by atoms with Crippen molar-refractivity contribution < 1.29 is 23.5 Å². The maximum Gasteiger partial charge on any atom is 0.329 e. The summed E-state index contributed by atoms with van der Waals surface area (Å²) in [6.45, 7) is 1.75. The standard InChI is InChI=1S/C23H28N2O5/c1-16-8-5-6-11-18(16)24-21(26)15-30-23(28)19(14-17-9-3-2-4-10-17)25-22(27)20-12-7-13-29-20/h2-4,7,9-10,12-13,16,18-19H,5-6,8,11,14-15H2,1H3,(H,24,26)(H,25,27)/t16-,18+,19-/m0/s1. The van der Waals surface area contributed by atoms with Crippen LogP contribution >= 0.6 is 0 Å². The molecule has 160 valence electrons. The molecule has 2 aromatic rings. The summed E-state index contributed by atoms with van der Waals surface area (Å²) in [6, 6.07) is 11.6. The summed E-state index contributed by atoms with van der Waals surface area (Å²) >= 11 is 0. The Bertz CT molecular complexity index is 835. The molecule has 30 heavy (non-hydrogen) atoms. The van der Waals surface area contributed by atoms with Crippen molar-refractivity contribution in [3.05, 3.63) is 60.1 Å². The van der Waals surface area contributed by atoms with Crippen LogP contribution in [0.15, 0.2) is 53.1 Å². The molecule has 1 aliphatic carbocycles. The Morgan fingerprint density at radius 3 is 2.57 bits per heavy atom. The topological polar surface area (TPSA) is 97.6 Å². The van der Waals surface area contributed by atoms with E-state index in [4.69, 9.17) is 9.15 Å². The fraction of sp³-hybridized carbons (Fsp3) is 0.435. The number of amides is 2. The molecule has 1 aromatic carbocycles. The van der Waals surface area contributed by atoms with E-state index in [0.717, 1.165) is 24.8 Å². The predicted molar refractivity (Wildman–Crippen MR) is 111 cm³/mol. The lowest BCUT2D eigenvalue weighted by atomic mass is 9.86. The van der Waals surface area contributed by atoms with E-state index in [0.29, 0.717) is 5.92 Å². The first-order valence-corrected chi connectivity index (χ1v) is 10.4. The van der Waals surface area contributed by atoms with E-state index in [1.807, 2.05) is 30.3 Å². The molecule has 1 aromatic heterocycles. The van der Waals surface area contributed by atoms with Gasteiger partial charge in [-0.2, -0.15) is 0 Å². The average molecular weight is 412 g/mol. The van der Waals surface area contributed by atoms with Crippen molar-refractivity contribution in [1.82, 2.24) is 10.6 Å². The molecular formula is C23H28N2O5. The minimum atomic E-state index is -0.939. The Morgan fingerprint density at radius 2 is 1.87 bits per heavy atom. The second-order valence-corrected chi connectivity index (χ2v) is 7.74. The van der Waals surface area contributed by atoms with Crippen LogP contribution in [0.25, 0.3) is 0 Å². The van der Waals surface area contributed by atoms with Crippen LogP contribution in [0.2, 0.25) is 0 Å². The van der Waals surface area contributed by atoms with Crippen molar-refractivity contribution >= 4 is 17.8 Å². The first kappa shape index (κ1) is 21.6. The second-order valence-electron chi connectivity index (χ2n) is 7.74.